The van der Waals surface area contributed by atoms with Crippen molar-refractivity contribution in [3.8, 4) is 0 Å². The Balaban J connectivity index is 2.28. The molecule has 0 aromatic carbocycles. The fourth-order valence-electron chi connectivity index (χ4n) is 1.08. The molecule has 2 N–H and O–H groups in total. The molecule has 0 unspecified atom stereocenters. The lowest BCUT2D eigenvalue weighted by Crippen LogP contribution is -2.47. The number of carbonyl (C=O) groups excluding carboxylic acids is 2. The summed E-state index contributed by atoms with van der Waals surface area (Å²) in [5.74, 6) is 0.00538. The zero-order valence-electron chi connectivity index (χ0n) is 8.47. The van der Waals surface area contributed by atoms with Crippen molar-refractivity contribution < 1.29 is 19.5 Å². The second-order valence-electron chi connectivity index (χ2n) is 3.22. The number of nitrogens with one attached hydrogen (secondary N) is 2. The number of carbonyl (C=O) groups is 2. The first kappa shape index (κ1) is 12.6. The molecule has 1 aliphatic heterocycles. The summed E-state index contributed by atoms with van der Waals surface area (Å²) in [7, 11) is 0. The van der Waals surface area contributed by atoms with Crippen molar-refractivity contribution in [3.05, 3.63) is 10.1 Å². The molecule has 0 radical (unpaired) electrons. The molecule has 0 bridgehead atoms. The molecule has 1 heterocycles. The Bertz CT molecular complexity index is 310. The van der Waals surface area contributed by atoms with Gasteiger partial charge in [0.15, 0.2) is 0 Å². The quantitative estimate of drug-likeness (QED) is 0.503. The average Bonchev–Trinajstić information content (AvgIpc) is 2.62. The highest BCUT2D eigenvalue weighted by atomic mass is 32.2. The molecule has 0 aromatic rings. The molecular formula is C7H11N3O5S. The molecule has 0 spiro atoms. The molecule has 1 aliphatic rings. The fourth-order valence-corrected chi connectivity index (χ4v) is 1.86. The highest BCUT2D eigenvalue weighted by Gasteiger charge is 2.28. The number of rotatable bonds is 5. The maximum atomic E-state index is 11.5. The van der Waals surface area contributed by atoms with Gasteiger partial charge in [0.1, 0.15) is 12.6 Å². The Morgan fingerprint density at radius 2 is 2.56 bits per heavy atom. The summed E-state index contributed by atoms with van der Waals surface area (Å²) in [6, 6.07) is -1.06. The van der Waals surface area contributed by atoms with E-state index in [1.165, 1.54) is 0 Å². The number of hydrogen-bond acceptors (Lipinski definition) is 6. The van der Waals surface area contributed by atoms with Gasteiger partial charge in [-0.2, -0.15) is 0 Å². The molecule has 0 aliphatic carbocycles. The van der Waals surface area contributed by atoms with E-state index in [1.54, 1.807) is 6.92 Å². The first-order valence-electron chi connectivity index (χ1n) is 4.50. The highest BCUT2D eigenvalue weighted by molar-refractivity contribution is 8.14. The standard InChI is InChI=1S/C7H11N3O5S/c1-4(2-15-10(13)14)8-6(11)5-3-16-7(12)9-5/h4-5H,2-3H2,1H3,(H,8,11)(H,9,12)/t4-,5+/m1/s1. The molecule has 1 fully saturated rings. The first-order chi connectivity index (χ1) is 7.49. The Kier molecular flexibility index (Phi) is 4.35. The lowest BCUT2D eigenvalue weighted by molar-refractivity contribution is -0.758. The second-order valence-corrected chi connectivity index (χ2v) is 4.22. The van der Waals surface area contributed by atoms with Gasteiger partial charge in [-0.05, 0) is 6.92 Å². The van der Waals surface area contributed by atoms with Crippen molar-refractivity contribution in [2.24, 2.45) is 0 Å². The van der Waals surface area contributed by atoms with E-state index in [0.29, 0.717) is 5.75 Å². The largest absolute Gasteiger partial charge is 0.350 e. The third-order valence-corrected chi connectivity index (χ3v) is 2.69. The molecular weight excluding hydrogens is 238 g/mol. The van der Waals surface area contributed by atoms with Gasteiger partial charge in [0, 0.05) is 11.8 Å². The van der Waals surface area contributed by atoms with Gasteiger partial charge in [0.25, 0.3) is 10.3 Å². The maximum Gasteiger partial charge on any atom is 0.294 e. The molecule has 0 aromatic heterocycles. The first-order valence-corrected chi connectivity index (χ1v) is 5.48. The van der Waals surface area contributed by atoms with Gasteiger partial charge in [-0.1, -0.05) is 11.8 Å². The van der Waals surface area contributed by atoms with Crippen LogP contribution in [0.1, 0.15) is 6.92 Å². The third-order valence-electron chi connectivity index (χ3n) is 1.81. The van der Waals surface area contributed by atoms with Crippen LogP contribution in [0.4, 0.5) is 4.79 Å². The van der Waals surface area contributed by atoms with Gasteiger partial charge >= 0.3 is 0 Å². The van der Waals surface area contributed by atoms with Crippen LogP contribution >= 0.6 is 11.8 Å². The lowest BCUT2D eigenvalue weighted by atomic mass is 10.3. The van der Waals surface area contributed by atoms with Crippen molar-refractivity contribution in [3.63, 3.8) is 0 Å². The van der Waals surface area contributed by atoms with Crippen LogP contribution in [0.15, 0.2) is 0 Å². The van der Waals surface area contributed by atoms with E-state index in [1.807, 2.05) is 0 Å². The zero-order valence-corrected chi connectivity index (χ0v) is 9.28. The minimum atomic E-state index is -0.921. The van der Waals surface area contributed by atoms with Gasteiger partial charge in [-0.15, -0.1) is 10.1 Å². The van der Waals surface area contributed by atoms with Crippen LogP contribution in [-0.2, 0) is 9.63 Å². The van der Waals surface area contributed by atoms with Gasteiger partial charge in [0.2, 0.25) is 5.91 Å². The van der Waals surface area contributed by atoms with E-state index in [0.717, 1.165) is 11.8 Å². The van der Waals surface area contributed by atoms with Crippen LogP contribution in [-0.4, -0.2) is 40.7 Å². The van der Waals surface area contributed by atoms with Crippen molar-refractivity contribution in [2.75, 3.05) is 12.4 Å². The number of amides is 2. The Morgan fingerprint density at radius 1 is 1.88 bits per heavy atom. The van der Waals surface area contributed by atoms with Crippen LogP contribution in [0.5, 0.6) is 0 Å². The molecule has 1 rings (SSSR count). The molecule has 8 nitrogen and oxygen atoms in total. The number of hydrogen-bond donors (Lipinski definition) is 2. The zero-order chi connectivity index (χ0) is 12.1. The normalized spacial score (nSPS) is 21.1. The molecule has 90 valence electrons. The van der Waals surface area contributed by atoms with Crippen molar-refractivity contribution in [1.82, 2.24) is 10.6 Å². The van der Waals surface area contributed by atoms with Gasteiger partial charge < -0.3 is 15.5 Å². The van der Waals surface area contributed by atoms with E-state index >= 15 is 0 Å². The highest BCUT2D eigenvalue weighted by Crippen LogP contribution is 2.12. The van der Waals surface area contributed by atoms with E-state index in [2.05, 4.69) is 15.5 Å². The predicted octanol–water partition coefficient (Wildman–Crippen LogP) is -0.476. The lowest BCUT2D eigenvalue weighted by Gasteiger charge is -2.15. The molecule has 2 atom stereocenters. The second kappa shape index (κ2) is 5.54. The predicted molar refractivity (Wildman–Crippen MR) is 55.3 cm³/mol. The molecule has 16 heavy (non-hydrogen) atoms. The summed E-state index contributed by atoms with van der Waals surface area (Å²) in [5.41, 5.74) is 0. The van der Waals surface area contributed by atoms with Gasteiger partial charge in [-0.3, -0.25) is 9.59 Å². The number of nitrogens with zero attached hydrogens (tertiary/aromatic N) is 1. The molecule has 0 saturated carbocycles. The summed E-state index contributed by atoms with van der Waals surface area (Å²) in [6.07, 6.45) is 0. The molecule has 9 heteroatoms. The van der Waals surface area contributed by atoms with Crippen molar-refractivity contribution in [2.45, 2.75) is 19.0 Å². The van der Waals surface area contributed by atoms with Gasteiger partial charge in [0.05, 0.1) is 0 Å². The van der Waals surface area contributed by atoms with Crippen LogP contribution in [0.25, 0.3) is 0 Å². The van der Waals surface area contributed by atoms with Crippen molar-refractivity contribution >= 4 is 22.9 Å². The minimum absolute atomic E-state index is 0.216. The van der Waals surface area contributed by atoms with Crippen LogP contribution in [0, 0.1) is 10.1 Å². The maximum absolute atomic E-state index is 11.5. The molecule has 1 saturated heterocycles. The van der Waals surface area contributed by atoms with Crippen LogP contribution in [0.3, 0.4) is 0 Å². The minimum Gasteiger partial charge on any atom is -0.350 e. The monoisotopic (exact) mass is 249 g/mol. The fraction of sp³-hybridized carbons (Fsp3) is 0.714. The van der Waals surface area contributed by atoms with Crippen molar-refractivity contribution in [1.29, 1.82) is 0 Å². The summed E-state index contributed by atoms with van der Waals surface area (Å²) in [6.45, 7) is 1.36. The third kappa shape index (κ3) is 3.93. The van der Waals surface area contributed by atoms with Crippen LogP contribution in [0.2, 0.25) is 0 Å². The average molecular weight is 249 g/mol. The van der Waals surface area contributed by atoms with Crippen LogP contribution < -0.4 is 10.6 Å². The summed E-state index contributed by atoms with van der Waals surface area (Å²) in [4.78, 5) is 36.3. The number of thioether (sulfide) groups is 1. The Hall–Kier alpha value is -1.51. The topological polar surface area (TPSA) is 111 Å². The summed E-state index contributed by atoms with van der Waals surface area (Å²) in [5, 5.41) is 13.7. The summed E-state index contributed by atoms with van der Waals surface area (Å²) >= 11 is 1.03. The van der Waals surface area contributed by atoms with E-state index in [4.69, 9.17) is 0 Å². The summed E-state index contributed by atoms with van der Waals surface area (Å²) < 4.78 is 0. The van der Waals surface area contributed by atoms with E-state index in [-0.39, 0.29) is 17.8 Å². The van der Waals surface area contributed by atoms with E-state index < -0.39 is 17.2 Å². The van der Waals surface area contributed by atoms with Gasteiger partial charge in [-0.25, -0.2) is 0 Å². The SMILES string of the molecule is C[C@H](CO[N+](=O)[O-])NC(=O)[C@@H]1CSC(=O)N1. The molecule has 2 amide bonds. The van der Waals surface area contributed by atoms with E-state index in [9.17, 15) is 19.7 Å². The Morgan fingerprint density at radius 3 is 3.06 bits per heavy atom. The smallest absolute Gasteiger partial charge is 0.294 e. The Labute approximate surface area is 95.2 Å².